The predicted octanol–water partition coefficient (Wildman–Crippen LogP) is 5.92. The summed E-state index contributed by atoms with van der Waals surface area (Å²) in [4.78, 5) is 4.88. The molecule has 2 aromatic rings. The summed E-state index contributed by atoms with van der Waals surface area (Å²) in [6, 6.07) is 8.71. The lowest BCUT2D eigenvalue weighted by molar-refractivity contribution is -0.133. The molecule has 1 aromatic carbocycles. The first-order valence-electron chi connectivity index (χ1n) is 13.4. The van der Waals surface area contributed by atoms with Gasteiger partial charge >= 0.3 is 7.12 Å². The third-order valence-electron chi connectivity index (χ3n) is 7.50. The second-order valence-corrected chi connectivity index (χ2v) is 13.0. The van der Waals surface area contributed by atoms with Crippen LogP contribution in [-0.2, 0) is 35.4 Å². The molecular formula is C30H44BNO4. The lowest BCUT2D eigenvalue weighted by Gasteiger charge is -2.43. The molecule has 0 unspecified atom stereocenters. The average molecular weight is 493 g/mol. The van der Waals surface area contributed by atoms with Crippen LogP contribution in [0.25, 0.3) is 0 Å². The van der Waals surface area contributed by atoms with E-state index in [1.54, 1.807) is 0 Å². The van der Waals surface area contributed by atoms with E-state index in [4.69, 9.17) is 23.8 Å². The molecule has 0 bridgehead atoms. The molecule has 5 nitrogen and oxygen atoms in total. The maximum atomic E-state index is 6.40. The Morgan fingerprint density at radius 2 is 1.50 bits per heavy atom. The molecule has 6 heteroatoms. The Morgan fingerprint density at radius 1 is 0.917 bits per heavy atom. The van der Waals surface area contributed by atoms with Gasteiger partial charge in [-0.25, -0.2) is 0 Å². The Kier molecular flexibility index (Phi) is 7.24. The molecule has 0 amide bonds. The van der Waals surface area contributed by atoms with Gasteiger partial charge in [0.1, 0.15) is 5.69 Å². The van der Waals surface area contributed by atoms with Gasteiger partial charge in [-0.05, 0) is 94.0 Å². The molecule has 1 fully saturated rings. The third-order valence-corrected chi connectivity index (χ3v) is 7.50. The van der Waals surface area contributed by atoms with E-state index in [1.807, 2.05) is 52.9 Å². The largest absolute Gasteiger partial charge is 0.496 e. The van der Waals surface area contributed by atoms with E-state index in [0.29, 0.717) is 13.2 Å². The second kappa shape index (κ2) is 9.54. The average Bonchev–Trinajstić information content (AvgIpc) is 3.26. The smallest absolute Gasteiger partial charge is 0.405 e. The van der Waals surface area contributed by atoms with Crippen LogP contribution in [0.3, 0.4) is 0 Å². The second-order valence-electron chi connectivity index (χ2n) is 13.0. The standard InChI is InChI=1S/C30H44BNO4/c1-20(2)35-31(36-27(4,5)6)22-11-12-26(32-19-22)30(33-15-16-34-30)23-18-25-24(17-21(23)3)28(7,8)13-14-29(25,9)10/h11-12,17-20H,13-16H2,1-10H3. The fraction of sp³-hybridized carbons (Fsp3) is 0.633. The lowest BCUT2D eigenvalue weighted by Crippen LogP contribution is -2.44. The van der Waals surface area contributed by atoms with Crippen LogP contribution in [0.4, 0.5) is 0 Å². The van der Waals surface area contributed by atoms with E-state index in [0.717, 1.165) is 23.1 Å². The molecule has 0 spiro atoms. The number of nitrogens with zero attached hydrogens (tertiary/aromatic N) is 1. The molecule has 1 aliphatic carbocycles. The van der Waals surface area contributed by atoms with Gasteiger partial charge in [0.05, 0.1) is 13.2 Å². The van der Waals surface area contributed by atoms with Crippen LogP contribution in [0.1, 0.15) is 103 Å². The Balaban J connectivity index is 1.77. The Labute approximate surface area is 218 Å². The SMILES string of the molecule is Cc1cc2c(cc1C1(c3ccc(B(OC(C)C)OC(C)(C)C)cn3)OCCO1)C(C)(C)CCC2(C)C. The molecule has 1 aromatic heterocycles. The van der Waals surface area contributed by atoms with E-state index < -0.39 is 12.9 Å². The fourth-order valence-corrected chi connectivity index (χ4v) is 5.41. The van der Waals surface area contributed by atoms with E-state index >= 15 is 0 Å². The van der Waals surface area contributed by atoms with Crippen molar-refractivity contribution in [2.45, 2.75) is 110 Å². The zero-order valence-electron chi connectivity index (χ0n) is 24.0. The number of aryl methyl sites for hydroxylation is 1. The van der Waals surface area contributed by atoms with Crippen molar-refractivity contribution in [1.82, 2.24) is 4.98 Å². The maximum Gasteiger partial charge on any atom is 0.496 e. The summed E-state index contributed by atoms with van der Waals surface area (Å²) in [7, 11) is -0.499. The fourth-order valence-electron chi connectivity index (χ4n) is 5.41. The summed E-state index contributed by atoms with van der Waals surface area (Å²) >= 11 is 0. The molecule has 2 aliphatic rings. The Bertz CT molecular complexity index is 1080. The molecule has 0 saturated carbocycles. The quantitative estimate of drug-likeness (QED) is 0.468. The van der Waals surface area contributed by atoms with Crippen molar-refractivity contribution in [2.24, 2.45) is 0 Å². The summed E-state index contributed by atoms with van der Waals surface area (Å²) in [6.07, 6.45) is 4.20. The zero-order valence-corrected chi connectivity index (χ0v) is 24.0. The minimum absolute atomic E-state index is 0.0237. The summed E-state index contributed by atoms with van der Waals surface area (Å²) < 4.78 is 25.1. The number of hydrogen-bond donors (Lipinski definition) is 0. The zero-order chi connectivity index (χ0) is 26.5. The highest BCUT2D eigenvalue weighted by Gasteiger charge is 2.46. The summed E-state index contributed by atoms with van der Waals surface area (Å²) in [5.74, 6) is -1.02. The van der Waals surface area contributed by atoms with Crippen molar-refractivity contribution in [3.8, 4) is 0 Å². The normalized spacial score (nSPS) is 20.4. The van der Waals surface area contributed by atoms with Crippen LogP contribution in [0.5, 0.6) is 0 Å². The van der Waals surface area contributed by atoms with Crippen molar-refractivity contribution < 1.29 is 18.8 Å². The van der Waals surface area contributed by atoms with Gasteiger partial charge in [0.15, 0.2) is 0 Å². The third kappa shape index (κ3) is 5.29. The molecule has 0 radical (unpaired) electrons. The summed E-state index contributed by atoms with van der Waals surface area (Å²) in [6.45, 7) is 22.7. The molecule has 196 valence electrons. The van der Waals surface area contributed by atoms with Crippen LogP contribution in [-0.4, -0.2) is 37.0 Å². The minimum Gasteiger partial charge on any atom is -0.405 e. The van der Waals surface area contributed by atoms with Crippen molar-refractivity contribution in [3.05, 3.63) is 58.4 Å². The number of rotatable bonds is 6. The van der Waals surface area contributed by atoms with Crippen LogP contribution in [0.15, 0.2) is 30.5 Å². The molecule has 4 rings (SSSR count). The van der Waals surface area contributed by atoms with Gasteiger partial charge in [0, 0.05) is 28.9 Å². The highest BCUT2D eigenvalue weighted by Crippen LogP contribution is 2.49. The number of hydrogen-bond acceptors (Lipinski definition) is 5. The van der Waals surface area contributed by atoms with Gasteiger partial charge in [-0.2, -0.15) is 0 Å². The first kappa shape index (κ1) is 27.3. The minimum atomic E-state index is -1.02. The van der Waals surface area contributed by atoms with Crippen molar-refractivity contribution in [1.29, 1.82) is 0 Å². The van der Waals surface area contributed by atoms with E-state index in [2.05, 4.69) is 46.8 Å². The van der Waals surface area contributed by atoms with Gasteiger partial charge < -0.3 is 18.8 Å². The number of pyridine rings is 1. The maximum absolute atomic E-state index is 6.40. The van der Waals surface area contributed by atoms with Crippen LogP contribution >= 0.6 is 0 Å². The summed E-state index contributed by atoms with van der Waals surface area (Å²) in [5.41, 5.74) is 6.56. The topological polar surface area (TPSA) is 49.8 Å². The van der Waals surface area contributed by atoms with E-state index in [1.165, 1.54) is 23.1 Å². The van der Waals surface area contributed by atoms with Crippen molar-refractivity contribution in [3.63, 3.8) is 0 Å². The number of ether oxygens (including phenoxy) is 2. The van der Waals surface area contributed by atoms with Crippen LogP contribution in [0.2, 0.25) is 0 Å². The summed E-state index contributed by atoms with van der Waals surface area (Å²) in [5, 5.41) is 0. The Morgan fingerprint density at radius 3 is 2.00 bits per heavy atom. The lowest BCUT2D eigenvalue weighted by atomic mass is 9.62. The number of benzene rings is 1. The molecule has 36 heavy (non-hydrogen) atoms. The van der Waals surface area contributed by atoms with Crippen LogP contribution < -0.4 is 5.46 Å². The molecule has 2 heterocycles. The molecule has 0 atom stereocenters. The van der Waals surface area contributed by atoms with Crippen LogP contribution in [0, 0.1) is 6.92 Å². The predicted molar refractivity (Wildman–Crippen MR) is 146 cm³/mol. The molecule has 1 saturated heterocycles. The molecule has 1 aliphatic heterocycles. The Hall–Kier alpha value is -1.73. The molecular weight excluding hydrogens is 449 g/mol. The van der Waals surface area contributed by atoms with E-state index in [9.17, 15) is 0 Å². The van der Waals surface area contributed by atoms with Crippen molar-refractivity contribution in [2.75, 3.05) is 13.2 Å². The highest BCUT2D eigenvalue weighted by atomic mass is 16.7. The number of aromatic nitrogens is 1. The van der Waals surface area contributed by atoms with Gasteiger partial charge in [-0.15, -0.1) is 0 Å². The van der Waals surface area contributed by atoms with E-state index in [-0.39, 0.29) is 22.5 Å². The van der Waals surface area contributed by atoms with Gasteiger partial charge in [0.25, 0.3) is 0 Å². The first-order chi connectivity index (χ1) is 16.6. The highest BCUT2D eigenvalue weighted by molar-refractivity contribution is 6.61. The van der Waals surface area contributed by atoms with Gasteiger partial charge in [0.2, 0.25) is 5.79 Å². The first-order valence-corrected chi connectivity index (χ1v) is 13.4. The van der Waals surface area contributed by atoms with Gasteiger partial charge in [-0.1, -0.05) is 39.8 Å². The molecule has 0 N–H and O–H groups in total. The monoisotopic (exact) mass is 493 g/mol. The number of fused-ring (bicyclic) bond motifs is 1. The van der Waals surface area contributed by atoms with Crippen molar-refractivity contribution >= 4 is 12.6 Å². The van der Waals surface area contributed by atoms with Gasteiger partial charge in [-0.3, -0.25) is 4.98 Å².